The zero-order valence-corrected chi connectivity index (χ0v) is 15.4. The fourth-order valence-corrected chi connectivity index (χ4v) is 5.86. The van der Waals surface area contributed by atoms with Crippen molar-refractivity contribution in [2.75, 3.05) is 37.7 Å². The minimum absolute atomic E-state index is 0.0791. The average Bonchev–Trinajstić information content (AvgIpc) is 3.04. The van der Waals surface area contributed by atoms with Crippen LogP contribution in [0.1, 0.15) is 33.1 Å². The second kappa shape index (κ2) is 7.17. The number of likely N-dealkylation sites (tertiary alicyclic amines) is 1. The summed E-state index contributed by atoms with van der Waals surface area (Å²) in [4.78, 5) is 16.9. The highest BCUT2D eigenvalue weighted by molar-refractivity contribution is 7.91. The quantitative estimate of drug-likeness (QED) is 0.792. The van der Waals surface area contributed by atoms with Gasteiger partial charge in [-0.25, -0.2) is 13.2 Å². The maximum absolute atomic E-state index is 12.6. The topological polar surface area (TPSA) is 79.0 Å². The molecule has 0 unspecified atom stereocenters. The third-order valence-electron chi connectivity index (χ3n) is 5.16. The maximum atomic E-state index is 12.6. The van der Waals surface area contributed by atoms with E-state index >= 15 is 0 Å². The monoisotopic (exact) mass is 359 g/mol. The van der Waals surface area contributed by atoms with Crippen LogP contribution >= 0.6 is 0 Å². The van der Waals surface area contributed by atoms with E-state index in [1.165, 1.54) is 0 Å². The molecule has 0 aromatic carbocycles. The second-order valence-corrected chi connectivity index (χ2v) is 9.74. The van der Waals surface area contributed by atoms with E-state index in [4.69, 9.17) is 4.74 Å². The van der Waals surface area contributed by atoms with Gasteiger partial charge >= 0.3 is 6.03 Å². The maximum Gasteiger partial charge on any atom is 0.317 e. The number of hydrogen-bond donors (Lipinski definition) is 1. The second-order valence-electron chi connectivity index (χ2n) is 7.51. The summed E-state index contributed by atoms with van der Waals surface area (Å²) in [7, 11) is -2.97. The van der Waals surface area contributed by atoms with Gasteiger partial charge in [-0.3, -0.25) is 4.90 Å². The molecule has 24 heavy (non-hydrogen) atoms. The van der Waals surface area contributed by atoms with Gasteiger partial charge in [0.1, 0.15) is 0 Å². The first-order valence-electron chi connectivity index (χ1n) is 8.98. The van der Waals surface area contributed by atoms with Gasteiger partial charge in [0.15, 0.2) is 9.84 Å². The molecule has 3 saturated heterocycles. The molecule has 0 aromatic rings. The third-order valence-corrected chi connectivity index (χ3v) is 6.93. The van der Waals surface area contributed by atoms with Crippen LogP contribution in [-0.4, -0.2) is 86.2 Å². The van der Waals surface area contributed by atoms with E-state index in [2.05, 4.69) is 24.1 Å². The number of hydrogen-bond acceptors (Lipinski definition) is 5. The minimum Gasteiger partial charge on any atom is -0.373 e. The zero-order chi connectivity index (χ0) is 17.3. The summed E-state index contributed by atoms with van der Waals surface area (Å²) in [6, 6.07) is -0.123. The smallest absolute Gasteiger partial charge is 0.317 e. The SMILES string of the molecule is C[C@@H]1CN(C[C@@H]2CCCN2C(=O)N[C@H]2CCS(=O)(=O)C2)C[C@@H](C)O1. The van der Waals surface area contributed by atoms with Gasteiger partial charge in [0, 0.05) is 38.3 Å². The summed E-state index contributed by atoms with van der Waals surface area (Å²) < 4.78 is 28.9. The molecule has 0 aliphatic carbocycles. The van der Waals surface area contributed by atoms with Gasteiger partial charge in [-0.1, -0.05) is 0 Å². The van der Waals surface area contributed by atoms with Crippen LogP contribution in [0, 0.1) is 0 Å². The Morgan fingerprint density at radius 1 is 1.21 bits per heavy atom. The average molecular weight is 359 g/mol. The van der Waals surface area contributed by atoms with E-state index in [1.807, 2.05) is 4.90 Å². The lowest BCUT2D eigenvalue weighted by Gasteiger charge is -2.38. The molecule has 4 atom stereocenters. The van der Waals surface area contributed by atoms with Crippen LogP contribution in [0.25, 0.3) is 0 Å². The van der Waals surface area contributed by atoms with Crippen LogP contribution in [0.3, 0.4) is 0 Å². The van der Waals surface area contributed by atoms with Gasteiger partial charge in [-0.05, 0) is 33.1 Å². The molecule has 0 spiro atoms. The van der Waals surface area contributed by atoms with Crippen molar-refractivity contribution in [3.63, 3.8) is 0 Å². The number of rotatable bonds is 3. The Labute approximate surface area is 144 Å². The molecule has 138 valence electrons. The van der Waals surface area contributed by atoms with Crippen molar-refractivity contribution in [2.45, 2.75) is 57.4 Å². The van der Waals surface area contributed by atoms with Crippen molar-refractivity contribution in [1.29, 1.82) is 0 Å². The summed E-state index contributed by atoms with van der Waals surface area (Å²) in [5.41, 5.74) is 0. The first-order chi connectivity index (χ1) is 11.3. The summed E-state index contributed by atoms with van der Waals surface area (Å²) >= 11 is 0. The van der Waals surface area contributed by atoms with E-state index in [-0.39, 0.29) is 41.8 Å². The lowest BCUT2D eigenvalue weighted by molar-refractivity contribution is -0.0713. The van der Waals surface area contributed by atoms with Gasteiger partial charge in [0.05, 0.1) is 23.7 Å². The Morgan fingerprint density at radius 2 is 1.92 bits per heavy atom. The van der Waals surface area contributed by atoms with E-state index in [0.29, 0.717) is 6.42 Å². The number of carbonyl (C=O) groups excluding carboxylic acids is 1. The molecule has 3 rings (SSSR count). The van der Waals surface area contributed by atoms with E-state index in [9.17, 15) is 13.2 Å². The normalized spacial score (nSPS) is 36.8. The predicted octanol–water partition coefficient (Wildman–Crippen LogP) is 0.457. The molecule has 3 heterocycles. The summed E-state index contributed by atoms with van der Waals surface area (Å²) in [5.74, 6) is 0.265. The number of urea groups is 1. The first-order valence-corrected chi connectivity index (χ1v) is 10.8. The lowest BCUT2D eigenvalue weighted by atomic mass is 10.1. The van der Waals surface area contributed by atoms with Crippen molar-refractivity contribution < 1.29 is 17.9 Å². The number of amides is 2. The molecular weight excluding hydrogens is 330 g/mol. The fourth-order valence-electron chi connectivity index (χ4n) is 4.19. The molecule has 0 radical (unpaired) electrons. The Hall–Kier alpha value is -0.860. The largest absolute Gasteiger partial charge is 0.373 e. The highest BCUT2D eigenvalue weighted by Gasteiger charge is 2.35. The Morgan fingerprint density at radius 3 is 2.54 bits per heavy atom. The highest BCUT2D eigenvalue weighted by Crippen LogP contribution is 2.21. The van der Waals surface area contributed by atoms with Crippen LogP contribution in [0.2, 0.25) is 0 Å². The lowest BCUT2D eigenvalue weighted by Crippen LogP contribution is -2.53. The molecular formula is C16H29N3O4S. The minimum atomic E-state index is -2.97. The Kier molecular flexibility index (Phi) is 5.36. The number of nitrogens with zero attached hydrogens (tertiary/aromatic N) is 2. The Bertz CT molecular complexity index is 558. The molecule has 0 bridgehead atoms. The van der Waals surface area contributed by atoms with Crippen LogP contribution < -0.4 is 5.32 Å². The molecule has 3 fully saturated rings. The molecule has 2 amide bonds. The van der Waals surface area contributed by atoms with Crippen LogP contribution in [0.15, 0.2) is 0 Å². The van der Waals surface area contributed by atoms with Crippen molar-refractivity contribution in [1.82, 2.24) is 15.1 Å². The summed E-state index contributed by atoms with van der Waals surface area (Å²) in [6.45, 7) is 7.60. The third kappa shape index (κ3) is 4.40. The Balaban J connectivity index is 1.54. The molecule has 3 aliphatic rings. The van der Waals surface area contributed by atoms with Crippen LogP contribution in [0.5, 0.6) is 0 Å². The van der Waals surface area contributed by atoms with Gasteiger partial charge < -0.3 is 15.0 Å². The number of carbonyl (C=O) groups is 1. The predicted molar refractivity (Wildman–Crippen MR) is 91.8 cm³/mol. The van der Waals surface area contributed by atoms with Gasteiger partial charge in [-0.2, -0.15) is 0 Å². The van der Waals surface area contributed by atoms with Crippen molar-refractivity contribution in [3.05, 3.63) is 0 Å². The van der Waals surface area contributed by atoms with Crippen LogP contribution in [0.4, 0.5) is 4.79 Å². The van der Waals surface area contributed by atoms with E-state index < -0.39 is 9.84 Å². The summed E-state index contributed by atoms with van der Waals surface area (Å²) in [6.07, 6.45) is 3.00. The number of ether oxygens (including phenoxy) is 1. The molecule has 0 aromatic heterocycles. The van der Waals surface area contributed by atoms with Crippen LogP contribution in [-0.2, 0) is 14.6 Å². The fraction of sp³-hybridized carbons (Fsp3) is 0.938. The molecule has 8 heteroatoms. The van der Waals surface area contributed by atoms with Gasteiger partial charge in [0.25, 0.3) is 0 Å². The molecule has 1 N–H and O–H groups in total. The van der Waals surface area contributed by atoms with Crippen molar-refractivity contribution in [3.8, 4) is 0 Å². The zero-order valence-electron chi connectivity index (χ0n) is 14.6. The van der Waals surface area contributed by atoms with E-state index in [0.717, 1.165) is 39.0 Å². The first kappa shape index (κ1) is 17.9. The van der Waals surface area contributed by atoms with Crippen molar-refractivity contribution >= 4 is 15.9 Å². The highest BCUT2D eigenvalue weighted by atomic mass is 32.2. The molecule has 7 nitrogen and oxygen atoms in total. The number of nitrogens with one attached hydrogen (secondary N) is 1. The van der Waals surface area contributed by atoms with Gasteiger partial charge in [-0.15, -0.1) is 0 Å². The summed E-state index contributed by atoms with van der Waals surface area (Å²) in [5, 5.41) is 2.93. The number of sulfone groups is 1. The van der Waals surface area contributed by atoms with Crippen molar-refractivity contribution in [2.24, 2.45) is 0 Å². The molecule has 0 saturated carbocycles. The standard InChI is InChI=1S/C16H29N3O4S/c1-12-8-18(9-13(2)23-12)10-15-4-3-6-19(15)16(20)17-14-5-7-24(21,22)11-14/h12-15H,3-11H2,1-2H3,(H,17,20)/t12-,13-,14+,15+/m1/s1. The van der Waals surface area contributed by atoms with Gasteiger partial charge in [0.2, 0.25) is 0 Å². The van der Waals surface area contributed by atoms with E-state index in [1.54, 1.807) is 0 Å². The number of morpholine rings is 1. The molecule has 3 aliphatic heterocycles.